The van der Waals surface area contributed by atoms with Gasteiger partial charge in [0.1, 0.15) is 0 Å². The van der Waals surface area contributed by atoms with Crippen molar-refractivity contribution in [2.45, 2.75) is 33.1 Å². The maximum Gasteiger partial charge on any atom is 0.435 e. The van der Waals surface area contributed by atoms with E-state index in [0.29, 0.717) is 12.2 Å². The van der Waals surface area contributed by atoms with Crippen LogP contribution < -0.4 is 5.32 Å². The average Bonchev–Trinajstić information content (AvgIpc) is 2.83. The quantitative estimate of drug-likeness (QED) is 0.906. The van der Waals surface area contributed by atoms with Crippen LogP contribution in [0.3, 0.4) is 0 Å². The summed E-state index contributed by atoms with van der Waals surface area (Å²) in [6, 6.07) is 8.61. The van der Waals surface area contributed by atoms with E-state index in [4.69, 9.17) is 0 Å². The van der Waals surface area contributed by atoms with Gasteiger partial charge in [-0.1, -0.05) is 38.1 Å². The lowest BCUT2D eigenvalue weighted by atomic mass is 10.1. The van der Waals surface area contributed by atoms with E-state index in [2.05, 4.69) is 10.4 Å². The fourth-order valence-electron chi connectivity index (χ4n) is 2.27. The van der Waals surface area contributed by atoms with E-state index in [0.717, 1.165) is 23.7 Å². The van der Waals surface area contributed by atoms with Gasteiger partial charge >= 0.3 is 6.18 Å². The molecular formula is C16H20F3N3. The average molecular weight is 311 g/mol. The third-order valence-electron chi connectivity index (χ3n) is 3.24. The van der Waals surface area contributed by atoms with Crippen LogP contribution in [0.1, 0.15) is 25.1 Å². The van der Waals surface area contributed by atoms with Gasteiger partial charge in [-0.05, 0) is 30.2 Å². The number of nitrogens with one attached hydrogen (secondary N) is 1. The minimum atomic E-state index is -4.43. The van der Waals surface area contributed by atoms with E-state index < -0.39 is 11.9 Å². The number of alkyl halides is 3. The highest BCUT2D eigenvalue weighted by atomic mass is 19.4. The van der Waals surface area contributed by atoms with Crippen molar-refractivity contribution in [3.63, 3.8) is 0 Å². The third-order valence-corrected chi connectivity index (χ3v) is 3.24. The highest BCUT2D eigenvalue weighted by molar-refractivity contribution is 5.60. The molecule has 0 fully saturated rings. The lowest BCUT2D eigenvalue weighted by Gasteiger charge is -2.10. The highest BCUT2D eigenvalue weighted by Gasteiger charge is 2.35. The molecule has 2 rings (SSSR count). The summed E-state index contributed by atoms with van der Waals surface area (Å²) in [4.78, 5) is 0. The molecule has 2 aromatic rings. The van der Waals surface area contributed by atoms with Crippen LogP contribution in [0.4, 0.5) is 13.2 Å². The van der Waals surface area contributed by atoms with E-state index in [1.165, 1.54) is 4.68 Å². The molecule has 0 spiro atoms. The molecule has 0 saturated heterocycles. The molecule has 120 valence electrons. The van der Waals surface area contributed by atoms with E-state index >= 15 is 0 Å². The predicted octanol–water partition coefficient (Wildman–Crippen LogP) is 3.94. The van der Waals surface area contributed by atoms with Crippen LogP contribution in [0.15, 0.2) is 30.3 Å². The van der Waals surface area contributed by atoms with Crippen molar-refractivity contribution in [3.8, 4) is 11.3 Å². The fourth-order valence-corrected chi connectivity index (χ4v) is 2.27. The van der Waals surface area contributed by atoms with Crippen molar-refractivity contribution in [1.82, 2.24) is 15.1 Å². The minimum Gasteiger partial charge on any atom is -0.316 e. The van der Waals surface area contributed by atoms with Crippen LogP contribution in [0.5, 0.6) is 0 Å². The molecule has 0 atom stereocenters. The Morgan fingerprint density at radius 1 is 1.18 bits per heavy atom. The van der Waals surface area contributed by atoms with Crippen molar-refractivity contribution in [2.75, 3.05) is 7.05 Å². The van der Waals surface area contributed by atoms with Gasteiger partial charge in [-0.25, -0.2) is 0 Å². The number of halogens is 3. The summed E-state index contributed by atoms with van der Waals surface area (Å²) in [5.41, 5.74) is 1.47. The van der Waals surface area contributed by atoms with Gasteiger partial charge in [0.25, 0.3) is 0 Å². The van der Waals surface area contributed by atoms with Crippen LogP contribution in [-0.2, 0) is 19.3 Å². The molecule has 6 heteroatoms. The number of rotatable bonds is 5. The first-order valence-corrected chi connectivity index (χ1v) is 7.20. The van der Waals surface area contributed by atoms with Crippen LogP contribution in [0.2, 0.25) is 0 Å². The molecule has 0 unspecified atom stereocenters. The van der Waals surface area contributed by atoms with E-state index in [1.54, 1.807) is 0 Å². The largest absolute Gasteiger partial charge is 0.435 e. The van der Waals surface area contributed by atoms with Crippen LogP contribution in [-0.4, -0.2) is 16.8 Å². The summed E-state index contributed by atoms with van der Waals surface area (Å²) in [5, 5.41) is 6.77. The molecule has 0 bridgehead atoms. The Morgan fingerprint density at radius 3 is 2.32 bits per heavy atom. The Hall–Kier alpha value is -1.82. The zero-order chi connectivity index (χ0) is 16.3. The smallest absolute Gasteiger partial charge is 0.316 e. The van der Waals surface area contributed by atoms with Crippen molar-refractivity contribution < 1.29 is 13.2 Å². The Morgan fingerprint density at radius 2 is 1.82 bits per heavy atom. The van der Waals surface area contributed by atoms with Gasteiger partial charge in [-0.3, -0.25) is 4.68 Å². The summed E-state index contributed by atoms with van der Waals surface area (Å²) < 4.78 is 40.2. The maximum atomic E-state index is 12.9. The molecular weight excluding hydrogens is 291 g/mol. The normalized spacial score (nSPS) is 12.1. The van der Waals surface area contributed by atoms with Gasteiger partial charge in [-0.2, -0.15) is 18.3 Å². The molecule has 3 nitrogen and oxygen atoms in total. The number of hydrogen-bond acceptors (Lipinski definition) is 2. The first-order chi connectivity index (χ1) is 10.3. The lowest BCUT2D eigenvalue weighted by Crippen LogP contribution is -2.11. The second kappa shape index (κ2) is 6.52. The molecule has 0 aliphatic carbocycles. The number of nitrogens with zero attached hydrogens (tertiary/aromatic N) is 2. The standard InChI is InChI=1S/C16H20F3N3/c1-11(2)10-22-14(8-15(21-22)16(17,18)19)13-6-4-12(5-7-13)9-20-3/h4-8,11,20H,9-10H2,1-3H3. The van der Waals surface area contributed by atoms with Crippen LogP contribution in [0.25, 0.3) is 11.3 Å². The summed E-state index contributed by atoms with van der Waals surface area (Å²) in [6.45, 7) is 5.08. The Kier molecular flexibility index (Phi) is 4.90. The number of hydrogen-bond donors (Lipinski definition) is 1. The van der Waals surface area contributed by atoms with Gasteiger partial charge in [0.05, 0.1) is 5.69 Å². The van der Waals surface area contributed by atoms with E-state index in [-0.39, 0.29) is 5.92 Å². The Bertz CT molecular complexity index is 613. The number of aromatic nitrogens is 2. The monoisotopic (exact) mass is 311 g/mol. The Labute approximate surface area is 128 Å². The molecule has 22 heavy (non-hydrogen) atoms. The lowest BCUT2D eigenvalue weighted by molar-refractivity contribution is -0.141. The second-order valence-corrected chi connectivity index (χ2v) is 5.72. The summed E-state index contributed by atoms with van der Waals surface area (Å²) >= 11 is 0. The molecule has 0 radical (unpaired) electrons. The van der Waals surface area contributed by atoms with Crippen molar-refractivity contribution >= 4 is 0 Å². The molecule has 0 aliphatic rings. The first kappa shape index (κ1) is 16.5. The van der Waals surface area contributed by atoms with Gasteiger partial charge in [-0.15, -0.1) is 0 Å². The predicted molar refractivity (Wildman–Crippen MR) is 80.3 cm³/mol. The molecule has 0 amide bonds. The molecule has 0 saturated carbocycles. The third kappa shape index (κ3) is 3.88. The summed E-state index contributed by atoms with van der Waals surface area (Å²) in [7, 11) is 1.85. The SMILES string of the molecule is CNCc1ccc(-c2cc(C(F)(F)F)nn2CC(C)C)cc1. The molecule has 1 aromatic carbocycles. The van der Waals surface area contributed by atoms with E-state index in [1.807, 2.05) is 45.2 Å². The molecule has 0 aliphatic heterocycles. The number of benzene rings is 1. The summed E-state index contributed by atoms with van der Waals surface area (Å²) in [6.07, 6.45) is -4.43. The minimum absolute atomic E-state index is 0.211. The Balaban J connectivity index is 2.41. The van der Waals surface area contributed by atoms with Crippen molar-refractivity contribution in [1.29, 1.82) is 0 Å². The van der Waals surface area contributed by atoms with Gasteiger partial charge in [0.15, 0.2) is 5.69 Å². The molecule has 1 N–H and O–H groups in total. The highest BCUT2D eigenvalue weighted by Crippen LogP contribution is 2.32. The van der Waals surface area contributed by atoms with E-state index in [9.17, 15) is 13.2 Å². The molecule has 1 aromatic heterocycles. The fraction of sp³-hybridized carbons (Fsp3) is 0.438. The topological polar surface area (TPSA) is 29.9 Å². The first-order valence-electron chi connectivity index (χ1n) is 7.20. The van der Waals surface area contributed by atoms with Crippen LogP contribution >= 0.6 is 0 Å². The van der Waals surface area contributed by atoms with Gasteiger partial charge < -0.3 is 5.32 Å². The van der Waals surface area contributed by atoms with Gasteiger partial charge in [0, 0.05) is 13.1 Å². The zero-order valence-corrected chi connectivity index (χ0v) is 12.9. The van der Waals surface area contributed by atoms with Crippen LogP contribution in [0, 0.1) is 5.92 Å². The zero-order valence-electron chi connectivity index (χ0n) is 12.9. The molecule has 1 heterocycles. The van der Waals surface area contributed by atoms with Gasteiger partial charge in [0.2, 0.25) is 0 Å². The van der Waals surface area contributed by atoms with Crippen molar-refractivity contribution in [3.05, 3.63) is 41.6 Å². The second-order valence-electron chi connectivity index (χ2n) is 5.72. The summed E-state index contributed by atoms with van der Waals surface area (Å²) in [5.74, 6) is 0.211. The van der Waals surface area contributed by atoms with Crippen molar-refractivity contribution in [2.24, 2.45) is 5.92 Å². The maximum absolute atomic E-state index is 12.9.